The molecule has 0 atom stereocenters. The first kappa shape index (κ1) is 13.3. The third-order valence-corrected chi connectivity index (χ3v) is 3.55. The molecule has 0 aromatic heterocycles. The van der Waals surface area contributed by atoms with Gasteiger partial charge in [0.1, 0.15) is 0 Å². The Balaban J connectivity index is 3.31. The lowest BCUT2D eigenvalue weighted by atomic mass is 10.2. The van der Waals surface area contributed by atoms with Crippen LogP contribution >= 0.6 is 11.6 Å². The van der Waals surface area contributed by atoms with Crippen LogP contribution in [0.5, 0.6) is 0 Å². The number of sulfonamides is 1. The normalized spacial score (nSPS) is 12.8. The highest BCUT2D eigenvalue weighted by molar-refractivity contribution is 7.89. The molecule has 0 aliphatic carbocycles. The zero-order valence-corrected chi connectivity index (χ0v) is 9.54. The van der Waals surface area contributed by atoms with E-state index in [1.165, 1.54) is 0 Å². The van der Waals surface area contributed by atoms with Crippen molar-refractivity contribution in [1.29, 1.82) is 0 Å². The van der Waals surface area contributed by atoms with Crippen molar-refractivity contribution in [3.05, 3.63) is 28.8 Å². The summed E-state index contributed by atoms with van der Waals surface area (Å²) in [7, 11) is -2.63. The fraction of sp³-hybridized carbons (Fsp3) is 0.250. The van der Waals surface area contributed by atoms with Crippen molar-refractivity contribution in [2.24, 2.45) is 0 Å². The average Bonchev–Trinajstić information content (AvgIpc) is 2.15. The van der Waals surface area contributed by atoms with E-state index in [9.17, 15) is 21.6 Å². The van der Waals surface area contributed by atoms with Crippen molar-refractivity contribution in [3.63, 3.8) is 0 Å². The fourth-order valence-corrected chi connectivity index (χ4v) is 2.12. The Labute approximate surface area is 95.3 Å². The van der Waals surface area contributed by atoms with Crippen LogP contribution in [0.1, 0.15) is 5.56 Å². The molecule has 0 fully saturated rings. The van der Waals surface area contributed by atoms with Crippen LogP contribution in [-0.2, 0) is 16.2 Å². The summed E-state index contributed by atoms with van der Waals surface area (Å²) < 4.78 is 61.4. The molecule has 1 aromatic rings. The van der Waals surface area contributed by atoms with Gasteiger partial charge in [-0.25, -0.2) is 13.1 Å². The predicted octanol–water partition coefficient (Wildman–Crippen LogP) is 2.27. The minimum atomic E-state index is -4.60. The first-order valence-corrected chi connectivity index (χ1v) is 5.85. The Bertz CT molecular complexity index is 498. The molecule has 0 saturated carbocycles. The van der Waals surface area contributed by atoms with Crippen LogP contribution in [0.4, 0.5) is 13.2 Å². The lowest BCUT2D eigenvalue weighted by molar-refractivity contribution is -0.137. The van der Waals surface area contributed by atoms with Gasteiger partial charge in [-0.05, 0) is 25.2 Å². The molecule has 0 spiro atoms. The highest BCUT2D eigenvalue weighted by Gasteiger charge is 2.33. The molecule has 3 nitrogen and oxygen atoms in total. The Kier molecular flexibility index (Phi) is 3.51. The maximum atomic E-state index is 12.3. The van der Waals surface area contributed by atoms with Crippen molar-refractivity contribution in [2.75, 3.05) is 7.05 Å². The van der Waals surface area contributed by atoms with Gasteiger partial charge in [0, 0.05) is 0 Å². The standard InChI is InChI=1S/C8H7ClF3NO2S/c1-13-16(14,15)5-2-3-6(7(9)4-5)8(10,11)12/h2-4,13H,1H3. The number of hydrogen-bond acceptors (Lipinski definition) is 2. The minimum Gasteiger partial charge on any atom is -0.214 e. The van der Waals surface area contributed by atoms with Gasteiger partial charge in [-0.3, -0.25) is 0 Å². The summed E-state index contributed by atoms with van der Waals surface area (Å²) in [6.45, 7) is 0. The number of nitrogens with one attached hydrogen (secondary N) is 1. The van der Waals surface area contributed by atoms with Gasteiger partial charge in [0.05, 0.1) is 15.5 Å². The van der Waals surface area contributed by atoms with Crippen LogP contribution < -0.4 is 4.72 Å². The van der Waals surface area contributed by atoms with Gasteiger partial charge < -0.3 is 0 Å². The molecule has 0 aliphatic rings. The van der Waals surface area contributed by atoms with Gasteiger partial charge in [-0.2, -0.15) is 13.2 Å². The van der Waals surface area contributed by atoms with Gasteiger partial charge in [0.15, 0.2) is 0 Å². The monoisotopic (exact) mass is 273 g/mol. The summed E-state index contributed by atoms with van der Waals surface area (Å²) in [5, 5.41) is -0.649. The van der Waals surface area contributed by atoms with E-state index in [0.717, 1.165) is 19.2 Å². The van der Waals surface area contributed by atoms with Crippen LogP contribution in [0, 0.1) is 0 Å². The third kappa shape index (κ3) is 2.66. The Morgan fingerprint density at radius 2 is 1.88 bits per heavy atom. The topological polar surface area (TPSA) is 46.2 Å². The summed E-state index contributed by atoms with van der Waals surface area (Å²) in [6.07, 6.45) is -4.60. The van der Waals surface area contributed by atoms with E-state index < -0.39 is 26.8 Å². The second-order valence-electron chi connectivity index (χ2n) is 2.85. The molecule has 1 aromatic carbocycles. The highest BCUT2D eigenvalue weighted by atomic mass is 35.5. The van der Waals surface area contributed by atoms with Crippen molar-refractivity contribution in [3.8, 4) is 0 Å². The van der Waals surface area contributed by atoms with E-state index in [2.05, 4.69) is 0 Å². The second-order valence-corrected chi connectivity index (χ2v) is 5.14. The SMILES string of the molecule is CNS(=O)(=O)c1ccc(C(F)(F)F)c(Cl)c1. The van der Waals surface area contributed by atoms with Gasteiger partial charge in [-0.15, -0.1) is 0 Å². The van der Waals surface area contributed by atoms with Gasteiger partial charge in [0.25, 0.3) is 0 Å². The number of benzene rings is 1. The van der Waals surface area contributed by atoms with E-state index in [0.29, 0.717) is 6.07 Å². The Hall–Kier alpha value is -0.790. The smallest absolute Gasteiger partial charge is 0.214 e. The summed E-state index contributed by atoms with van der Waals surface area (Å²) in [4.78, 5) is -0.312. The predicted molar refractivity (Wildman–Crippen MR) is 52.7 cm³/mol. The minimum absolute atomic E-state index is 0.312. The summed E-state index contributed by atoms with van der Waals surface area (Å²) >= 11 is 5.36. The fourth-order valence-electron chi connectivity index (χ4n) is 1.01. The lowest BCUT2D eigenvalue weighted by Gasteiger charge is -2.10. The summed E-state index contributed by atoms with van der Waals surface area (Å²) in [5.41, 5.74) is -1.07. The number of rotatable bonds is 2. The van der Waals surface area contributed by atoms with E-state index in [1.54, 1.807) is 0 Å². The molecule has 16 heavy (non-hydrogen) atoms. The first-order valence-electron chi connectivity index (χ1n) is 3.99. The quantitative estimate of drug-likeness (QED) is 0.898. The van der Waals surface area contributed by atoms with Crippen molar-refractivity contribution >= 4 is 21.6 Å². The van der Waals surface area contributed by atoms with E-state index >= 15 is 0 Å². The second kappa shape index (κ2) is 4.23. The van der Waals surface area contributed by atoms with Crippen LogP contribution in [0.15, 0.2) is 23.1 Å². The Morgan fingerprint density at radius 1 is 1.31 bits per heavy atom. The molecule has 0 bridgehead atoms. The molecule has 0 amide bonds. The molecule has 0 unspecified atom stereocenters. The molecule has 0 aliphatic heterocycles. The molecule has 0 radical (unpaired) electrons. The van der Waals surface area contributed by atoms with Gasteiger partial charge in [0.2, 0.25) is 10.0 Å². The van der Waals surface area contributed by atoms with Gasteiger partial charge in [-0.1, -0.05) is 11.6 Å². The summed E-state index contributed by atoms with van der Waals surface area (Å²) in [5.74, 6) is 0. The number of hydrogen-bond donors (Lipinski definition) is 1. The first-order chi connectivity index (χ1) is 7.18. The van der Waals surface area contributed by atoms with Gasteiger partial charge >= 0.3 is 6.18 Å². The van der Waals surface area contributed by atoms with Crippen LogP contribution in [0.25, 0.3) is 0 Å². The number of alkyl halides is 3. The number of halogens is 4. The lowest BCUT2D eigenvalue weighted by Crippen LogP contribution is -2.19. The van der Waals surface area contributed by atoms with E-state index in [-0.39, 0.29) is 4.90 Å². The molecule has 1 N–H and O–H groups in total. The van der Waals surface area contributed by atoms with Crippen molar-refractivity contribution in [1.82, 2.24) is 4.72 Å². The molecule has 0 saturated heterocycles. The maximum Gasteiger partial charge on any atom is 0.417 e. The van der Waals surface area contributed by atoms with Crippen LogP contribution in [0.3, 0.4) is 0 Å². The molecule has 0 heterocycles. The van der Waals surface area contributed by atoms with Crippen molar-refractivity contribution < 1.29 is 21.6 Å². The molecular weight excluding hydrogens is 267 g/mol. The maximum absolute atomic E-state index is 12.3. The van der Waals surface area contributed by atoms with E-state index in [4.69, 9.17) is 11.6 Å². The van der Waals surface area contributed by atoms with Crippen LogP contribution in [-0.4, -0.2) is 15.5 Å². The average molecular weight is 274 g/mol. The Morgan fingerprint density at radius 3 is 2.25 bits per heavy atom. The molecule has 1 rings (SSSR count). The van der Waals surface area contributed by atoms with E-state index in [1.807, 2.05) is 4.72 Å². The van der Waals surface area contributed by atoms with Crippen LogP contribution in [0.2, 0.25) is 5.02 Å². The third-order valence-electron chi connectivity index (χ3n) is 1.82. The summed E-state index contributed by atoms with van der Waals surface area (Å²) in [6, 6.07) is 2.24. The highest BCUT2D eigenvalue weighted by Crippen LogP contribution is 2.35. The van der Waals surface area contributed by atoms with Crippen molar-refractivity contribution in [2.45, 2.75) is 11.1 Å². The molecule has 8 heteroatoms. The zero-order valence-electron chi connectivity index (χ0n) is 7.97. The largest absolute Gasteiger partial charge is 0.417 e. The zero-order chi connectivity index (χ0) is 12.6. The molecular formula is C8H7ClF3NO2S. The molecule has 90 valence electrons.